The number of hydrogen-bond donors (Lipinski definition) is 2. The third kappa shape index (κ3) is 3.04. The summed E-state index contributed by atoms with van der Waals surface area (Å²) in [4.78, 5) is 8.58. The highest BCUT2D eigenvalue weighted by Crippen LogP contribution is 2.36. The molecule has 1 aliphatic carbocycles. The van der Waals surface area contributed by atoms with E-state index in [2.05, 4.69) is 58.3 Å². The van der Waals surface area contributed by atoms with E-state index in [4.69, 9.17) is 4.52 Å². The summed E-state index contributed by atoms with van der Waals surface area (Å²) in [5.74, 6) is 2.26. The molecule has 2 aromatic rings. The van der Waals surface area contributed by atoms with E-state index >= 15 is 0 Å². The largest absolute Gasteiger partial charge is 0.337 e. The number of nitrogens with one attached hydrogen (secondary N) is 2. The molecular formula is C15H24N6O. The lowest BCUT2D eigenvalue weighted by Gasteiger charge is -2.32. The SMILES string of the molecule is C[C@@H]1CCC[C@H]1N[C@@H](c1nc(-c2ncn[nH]2)no1)C(C)(C)C. The van der Waals surface area contributed by atoms with E-state index in [0.717, 1.165) is 0 Å². The maximum Gasteiger partial charge on any atom is 0.244 e. The van der Waals surface area contributed by atoms with Crippen LogP contribution in [0.5, 0.6) is 0 Å². The van der Waals surface area contributed by atoms with Crippen LogP contribution < -0.4 is 5.32 Å². The normalized spacial score (nSPS) is 23.8. The molecule has 0 spiro atoms. The van der Waals surface area contributed by atoms with Gasteiger partial charge in [-0.1, -0.05) is 39.3 Å². The van der Waals surface area contributed by atoms with E-state index in [1.807, 2.05) is 0 Å². The van der Waals surface area contributed by atoms with Gasteiger partial charge in [0.25, 0.3) is 0 Å². The fraction of sp³-hybridized carbons (Fsp3) is 0.733. The number of hydrogen-bond acceptors (Lipinski definition) is 6. The molecule has 2 heterocycles. The zero-order valence-corrected chi connectivity index (χ0v) is 13.6. The third-order valence-corrected chi connectivity index (χ3v) is 4.42. The number of nitrogens with zero attached hydrogens (tertiary/aromatic N) is 4. The Morgan fingerprint density at radius 2 is 2.18 bits per heavy atom. The Morgan fingerprint density at radius 3 is 2.77 bits per heavy atom. The molecule has 2 N–H and O–H groups in total. The van der Waals surface area contributed by atoms with Crippen molar-refractivity contribution in [2.45, 2.75) is 59.0 Å². The van der Waals surface area contributed by atoms with E-state index in [1.165, 1.54) is 25.6 Å². The Balaban J connectivity index is 1.83. The van der Waals surface area contributed by atoms with Crippen LogP contribution in [0.15, 0.2) is 10.9 Å². The predicted octanol–water partition coefficient (Wildman–Crippen LogP) is 2.72. The van der Waals surface area contributed by atoms with Gasteiger partial charge in [-0.05, 0) is 24.2 Å². The number of aromatic amines is 1. The lowest BCUT2D eigenvalue weighted by Crippen LogP contribution is -2.40. The molecule has 0 bridgehead atoms. The van der Waals surface area contributed by atoms with Gasteiger partial charge in [0.1, 0.15) is 6.33 Å². The van der Waals surface area contributed by atoms with Crippen LogP contribution in [0.1, 0.15) is 58.9 Å². The molecule has 0 saturated heterocycles. The fourth-order valence-electron chi connectivity index (χ4n) is 3.06. The van der Waals surface area contributed by atoms with Crippen molar-refractivity contribution in [2.75, 3.05) is 0 Å². The molecule has 1 saturated carbocycles. The highest BCUT2D eigenvalue weighted by molar-refractivity contribution is 5.39. The van der Waals surface area contributed by atoms with Gasteiger partial charge in [0.2, 0.25) is 11.7 Å². The molecule has 0 radical (unpaired) electrons. The highest BCUT2D eigenvalue weighted by atomic mass is 16.5. The Labute approximate surface area is 130 Å². The Hall–Kier alpha value is -1.76. The monoisotopic (exact) mass is 304 g/mol. The first kappa shape index (κ1) is 15.1. The van der Waals surface area contributed by atoms with Crippen molar-refractivity contribution in [2.24, 2.45) is 11.3 Å². The molecule has 120 valence electrons. The molecule has 2 aromatic heterocycles. The van der Waals surface area contributed by atoms with Crippen LogP contribution in [0.3, 0.4) is 0 Å². The van der Waals surface area contributed by atoms with Crippen molar-refractivity contribution in [1.82, 2.24) is 30.6 Å². The molecule has 7 heteroatoms. The van der Waals surface area contributed by atoms with Crippen LogP contribution in [0, 0.1) is 11.3 Å². The molecular weight excluding hydrogens is 280 g/mol. The minimum absolute atomic E-state index is 0.0159. The summed E-state index contributed by atoms with van der Waals surface area (Å²) in [5, 5.41) is 14.3. The van der Waals surface area contributed by atoms with Gasteiger partial charge in [-0.3, -0.25) is 5.10 Å². The maximum atomic E-state index is 5.51. The van der Waals surface area contributed by atoms with Gasteiger partial charge < -0.3 is 9.84 Å². The van der Waals surface area contributed by atoms with Gasteiger partial charge >= 0.3 is 0 Å². The first-order valence-corrected chi connectivity index (χ1v) is 7.90. The van der Waals surface area contributed by atoms with Gasteiger partial charge in [0, 0.05) is 6.04 Å². The second-order valence-electron chi connectivity index (χ2n) is 7.27. The Bertz CT molecular complexity index is 600. The number of rotatable bonds is 4. The minimum atomic E-state index is -0.0203. The standard InChI is InChI=1S/C15H24N6O/c1-9-6-5-7-10(9)18-11(15(2,3)4)14-19-13(21-22-14)12-16-8-17-20-12/h8-11,18H,5-7H2,1-4H3,(H,16,17,20)/t9-,10-,11+/m1/s1. The number of aromatic nitrogens is 5. The Morgan fingerprint density at radius 1 is 1.36 bits per heavy atom. The second-order valence-corrected chi connectivity index (χ2v) is 7.27. The Kier molecular flexibility index (Phi) is 3.99. The van der Waals surface area contributed by atoms with E-state index in [1.54, 1.807) is 0 Å². The van der Waals surface area contributed by atoms with Crippen molar-refractivity contribution in [3.05, 3.63) is 12.2 Å². The summed E-state index contributed by atoms with van der Waals surface area (Å²) < 4.78 is 5.51. The van der Waals surface area contributed by atoms with E-state index < -0.39 is 0 Å². The van der Waals surface area contributed by atoms with Gasteiger partial charge in [-0.2, -0.15) is 10.1 Å². The summed E-state index contributed by atoms with van der Waals surface area (Å²) in [5.41, 5.74) is -0.0203. The summed E-state index contributed by atoms with van der Waals surface area (Å²) in [6, 6.07) is 0.520. The fourth-order valence-corrected chi connectivity index (χ4v) is 3.06. The smallest absolute Gasteiger partial charge is 0.244 e. The zero-order chi connectivity index (χ0) is 15.7. The van der Waals surface area contributed by atoms with Crippen LogP contribution >= 0.6 is 0 Å². The molecule has 1 fully saturated rings. The lowest BCUT2D eigenvalue weighted by atomic mass is 9.85. The minimum Gasteiger partial charge on any atom is -0.337 e. The van der Waals surface area contributed by atoms with Gasteiger partial charge in [-0.25, -0.2) is 4.98 Å². The second kappa shape index (κ2) is 5.79. The molecule has 1 aliphatic rings. The highest BCUT2D eigenvalue weighted by Gasteiger charge is 2.35. The maximum absolute atomic E-state index is 5.51. The van der Waals surface area contributed by atoms with E-state index in [-0.39, 0.29) is 11.5 Å². The van der Waals surface area contributed by atoms with Crippen LogP contribution in [0.4, 0.5) is 0 Å². The van der Waals surface area contributed by atoms with Crippen LogP contribution in [-0.2, 0) is 0 Å². The van der Waals surface area contributed by atoms with Gasteiger partial charge in [0.05, 0.1) is 6.04 Å². The molecule has 3 rings (SSSR count). The summed E-state index contributed by atoms with van der Waals surface area (Å²) in [6.07, 6.45) is 5.20. The summed E-state index contributed by atoms with van der Waals surface area (Å²) in [7, 11) is 0. The average Bonchev–Trinajstić information content (AvgIpc) is 3.16. The third-order valence-electron chi connectivity index (χ3n) is 4.42. The zero-order valence-electron chi connectivity index (χ0n) is 13.6. The number of H-pyrrole nitrogens is 1. The van der Waals surface area contributed by atoms with Crippen LogP contribution in [0.25, 0.3) is 11.6 Å². The first-order valence-electron chi connectivity index (χ1n) is 7.90. The molecule has 0 aromatic carbocycles. The molecule has 0 unspecified atom stereocenters. The van der Waals surface area contributed by atoms with Crippen LogP contribution in [-0.4, -0.2) is 31.4 Å². The predicted molar refractivity (Wildman–Crippen MR) is 81.8 cm³/mol. The van der Waals surface area contributed by atoms with Gasteiger partial charge in [-0.15, -0.1) is 0 Å². The van der Waals surface area contributed by atoms with Crippen molar-refractivity contribution >= 4 is 0 Å². The molecule has 22 heavy (non-hydrogen) atoms. The molecule has 0 aliphatic heterocycles. The van der Waals surface area contributed by atoms with E-state index in [0.29, 0.717) is 29.5 Å². The van der Waals surface area contributed by atoms with Crippen molar-refractivity contribution < 1.29 is 4.52 Å². The molecule has 0 amide bonds. The molecule has 3 atom stereocenters. The summed E-state index contributed by atoms with van der Waals surface area (Å²) in [6.45, 7) is 8.85. The van der Waals surface area contributed by atoms with Crippen molar-refractivity contribution in [3.8, 4) is 11.6 Å². The molecule has 7 nitrogen and oxygen atoms in total. The quantitative estimate of drug-likeness (QED) is 0.902. The van der Waals surface area contributed by atoms with Crippen molar-refractivity contribution in [3.63, 3.8) is 0 Å². The lowest BCUT2D eigenvalue weighted by molar-refractivity contribution is 0.187. The van der Waals surface area contributed by atoms with Gasteiger partial charge in [0.15, 0.2) is 5.82 Å². The van der Waals surface area contributed by atoms with Crippen molar-refractivity contribution in [1.29, 1.82) is 0 Å². The average molecular weight is 304 g/mol. The van der Waals surface area contributed by atoms with Crippen LogP contribution in [0.2, 0.25) is 0 Å². The first-order chi connectivity index (χ1) is 10.4. The van der Waals surface area contributed by atoms with E-state index in [9.17, 15) is 0 Å². The topological polar surface area (TPSA) is 92.5 Å². The summed E-state index contributed by atoms with van der Waals surface area (Å²) >= 11 is 0.